The van der Waals surface area contributed by atoms with Crippen molar-refractivity contribution in [3.63, 3.8) is 0 Å². The second-order valence-corrected chi connectivity index (χ2v) is 5.82. The van der Waals surface area contributed by atoms with Gasteiger partial charge in [0.2, 0.25) is 0 Å². The van der Waals surface area contributed by atoms with Crippen LogP contribution in [0.15, 0.2) is 35.7 Å². The van der Waals surface area contributed by atoms with Crippen LogP contribution in [0.3, 0.4) is 0 Å². The highest BCUT2D eigenvalue weighted by Gasteiger charge is 2.15. The molecule has 2 aromatic heterocycles. The molecule has 0 aromatic carbocycles. The number of aryl methyl sites for hydroxylation is 1. The monoisotopic (exact) mass is 311 g/mol. The maximum absolute atomic E-state index is 11.9. The predicted octanol–water partition coefficient (Wildman–Crippen LogP) is -0.260. The van der Waals surface area contributed by atoms with Gasteiger partial charge in [0.15, 0.2) is 5.03 Å². The molecule has 2 rings (SSSR count). The molecule has 21 heavy (non-hydrogen) atoms. The van der Waals surface area contributed by atoms with Crippen LogP contribution < -0.4 is 4.72 Å². The summed E-state index contributed by atoms with van der Waals surface area (Å²) in [6.07, 6.45) is 4.76. The zero-order chi connectivity index (χ0) is 15.3. The summed E-state index contributed by atoms with van der Waals surface area (Å²) >= 11 is 0. The maximum atomic E-state index is 11.9. The number of carboxylic acids is 1. The Hall–Kier alpha value is -2.33. The van der Waals surface area contributed by atoms with Crippen LogP contribution in [0.4, 0.5) is 0 Å². The molecule has 9 nitrogen and oxygen atoms in total. The Kier molecular flexibility index (Phi) is 4.60. The van der Waals surface area contributed by atoms with Crippen LogP contribution in [-0.4, -0.2) is 46.0 Å². The van der Waals surface area contributed by atoms with Crippen molar-refractivity contribution in [1.29, 1.82) is 0 Å². The third-order valence-electron chi connectivity index (χ3n) is 2.59. The lowest BCUT2D eigenvalue weighted by Gasteiger charge is -2.06. The number of rotatable bonds is 7. The van der Waals surface area contributed by atoms with Crippen molar-refractivity contribution < 1.29 is 18.3 Å². The summed E-state index contributed by atoms with van der Waals surface area (Å²) in [5.74, 6) is -1.16. The molecular formula is C11H13N5O4S. The van der Waals surface area contributed by atoms with Gasteiger partial charge in [-0.25, -0.2) is 22.9 Å². The van der Waals surface area contributed by atoms with Gasteiger partial charge in [-0.15, -0.1) is 5.10 Å². The maximum Gasteiger partial charge on any atom is 0.337 e. The van der Waals surface area contributed by atoms with E-state index in [4.69, 9.17) is 5.11 Å². The number of hydrogen-bond donors (Lipinski definition) is 2. The van der Waals surface area contributed by atoms with Gasteiger partial charge in [0.25, 0.3) is 10.0 Å². The van der Waals surface area contributed by atoms with Crippen LogP contribution in [-0.2, 0) is 16.6 Å². The van der Waals surface area contributed by atoms with E-state index in [0.717, 1.165) is 12.3 Å². The summed E-state index contributed by atoms with van der Waals surface area (Å²) < 4.78 is 27.8. The first kappa shape index (κ1) is 15.1. The second kappa shape index (κ2) is 6.41. The molecule has 0 saturated carbocycles. The first-order valence-corrected chi connectivity index (χ1v) is 7.50. The number of carbonyl (C=O) groups is 1. The number of pyridine rings is 1. The molecule has 0 aliphatic heterocycles. The van der Waals surface area contributed by atoms with Crippen LogP contribution >= 0.6 is 0 Å². The minimum absolute atomic E-state index is 0.0693. The second-order valence-electron chi connectivity index (χ2n) is 4.11. The van der Waals surface area contributed by atoms with Gasteiger partial charge in [0.1, 0.15) is 0 Å². The third-order valence-corrected chi connectivity index (χ3v) is 3.96. The number of hydrogen-bond acceptors (Lipinski definition) is 6. The van der Waals surface area contributed by atoms with Crippen molar-refractivity contribution in [3.05, 3.63) is 36.3 Å². The summed E-state index contributed by atoms with van der Waals surface area (Å²) in [5.41, 5.74) is -0.0693. The van der Waals surface area contributed by atoms with Gasteiger partial charge in [-0.3, -0.25) is 4.68 Å². The fraction of sp³-hybridized carbons (Fsp3) is 0.273. The number of aromatic nitrogens is 4. The predicted molar refractivity (Wildman–Crippen MR) is 71.0 cm³/mol. The summed E-state index contributed by atoms with van der Waals surface area (Å²) in [4.78, 5) is 14.3. The van der Waals surface area contributed by atoms with Gasteiger partial charge in [-0.1, -0.05) is 5.21 Å². The van der Waals surface area contributed by atoms with E-state index in [1.165, 1.54) is 12.3 Å². The number of nitrogens with zero attached hydrogens (tertiary/aromatic N) is 4. The van der Waals surface area contributed by atoms with E-state index in [1.807, 2.05) is 0 Å². The number of sulfonamides is 1. The molecule has 10 heteroatoms. The zero-order valence-corrected chi connectivity index (χ0v) is 11.7. The van der Waals surface area contributed by atoms with Gasteiger partial charge in [0.05, 0.1) is 11.8 Å². The highest BCUT2D eigenvalue weighted by atomic mass is 32.2. The largest absolute Gasteiger partial charge is 0.478 e. The lowest BCUT2D eigenvalue weighted by molar-refractivity contribution is 0.0696. The molecular weight excluding hydrogens is 298 g/mol. The van der Waals surface area contributed by atoms with E-state index in [1.54, 1.807) is 10.9 Å². The summed E-state index contributed by atoms with van der Waals surface area (Å²) in [6, 6.07) is 2.35. The SMILES string of the molecule is O=C(O)c1ccc(S(=O)(=O)NCCCn2ccnn2)nc1. The summed E-state index contributed by atoms with van der Waals surface area (Å²) in [7, 11) is -3.74. The highest BCUT2D eigenvalue weighted by Crippen LogP contribution is 2.06. The molecule has 2 N–H and O–H groups in total. The normalized spacial score (nSPS) is 11.4. The van der Waals surface area contributed by atoms with Gasteiger partial charge in [-0.2, -0.15) is 0 Å². The van der Waals surface area contributed by atoms with Gasteiger partial charge in [-0.05, 0) is 18.6 Å². The Labute approximate surface area is 120 Å². The minimum atomic E-state index is -3.74. The van der Waals surface area contributed by atoms with Gasteiger partial charge >= 0.3 is 5.97 Å². The molecule has 0 unspecified atom stereocenters. The van der Waals surface area contributed by atoms with Crippen LogP contribution in [0, 0.1) is 0 Å². The third kappa shape index (κ3) is 4.07. The van der Waals surface area contributed by atoms with E-state index < -0.39 is 16.0 Å². The molecule has 0 aliphatic carbocycles. The Morgan fingerprint density at radius 1 is 1.38 bits per heavy atom. The van der Waals surface area contributed by atoms with Gasteiger partial charge < -0.3 is 5.11 Å². The van der Waals surface area contributed by atoms with Crippen LogP contribution in [0.25, 0.3) is 0 Å². The Bertz CT molecular complexity index is 697. The highest BCUT2D eigenvalue weighted by molar-refractivity contribution is 7.89. The average molecular weight is 311 g/mol. The van der Waals surface area contributed by atoms with Crippen molar-refractivity contribution in [2.24, 2.45) is 0 Å². The molecule has 0 fully saturated rings. The quantitative estimate of drug-likeness (QED) is 0.674. The van der Waals surface area contributed by atoms with E-state index >= 15 is 0 Å². The van der Waals surface area contributed by atoms with Crippen molar-refractivity contribution >= 4 is 16.0 Å². The molecule has 0 amide bonds. The van der Waals surface area contributed by atoms with E-state index in [0.29, 0.717) is 13.0 Å². The molecule has 0 saturated heterocycles. The fourth-order valence-corrected chi connectivity index (χ4v) is 2.54. The first-order valence-electron chi connectivity index (χ1n) is 6.02. The van der Waals surface area contributed by atoms with Gasteiger partial charge in [0, 0.05) is 25.5 Å². The fourth-order valence-electron chi connectivity index (χ4n) is 1.54. The molecule has 2 aromatic rings. The van der Waals surface area contributed by atoms with Crippen LogP contribution in [0.5, 0.6) is 0 Å². The molecule has 0 radical (unpaired) electrons. The topological polar surface area (TPSA) is 127 Å². The number of aromatic carboxylic acids is 1. The van der Waals surface area contributed by atoms with Crippen molar-refractivity contribution in [3.8, 4) is 0 Å². The smallest absolute Gasteiger partial charge is 0.337 e. The summed E-state index contributed by atoms with van der Waals surface area (Å²) in [6.45, 7) is 0.748. The molecule has 0 aliphatic rings. The molecule has 0 spiro atoms. The average Bonchev–Trinajstić information content (AvgIpc) is 2.97. The Morgan fingerprint density at radius 2 is 2.19 bits per heavy atom. The van der Waals surface area contributed by atoms with Crippen molar-refractivity contribution in [1.82, 2.24) is 24.7 Å². The Morgan fingerprint density at radius 3 is 2.76 bits per heavy atom. The molecule has 112 valence electrons. The Balaban J connectivity index is 1.90. The van der Waals surface area contributed by atoms with Crippen LogP contribution in [0.1, 0.15) is 16.8 Å². The first-order chi connectivity index (χ1) is 9.99. The standard InChI is InChI=1S/C11H13N5O4S/c17-11(18)9-2-3-10(12-8-9)21(19,20)14-4-1-6-16-7-5-13-15-16/h2-3,5,7-8,14H,1,4,6H2,(H,17,18). The molecule has 0 atom stereocenters. The van der Waals surface area contributed by atoms with E-state index in [-0.39, 0.29) is 17.1 Å². The molecule has 2 heterocycles. The van der Waals surface area contributed by atoms with Crippen molar-refractivity contribution in [2.45, 2.75) is 18.0 Å². The molecule has 0 bridgehead atoms. The number of nitrogens with one attached hydrogen (secondary N) is 1. The van der Waals surface area contributed by atoms with E-state index in [2.05, 4.69) is 20.0 Å². The van der Waals surface area contributed by atoms with E-state index in [9.17, 15) is 13.2 Å². The minimum Gasteiger partial charge on any atom is -0.478 e. The van der Waals surface area contributed by atoms with Crippen molar-refractivity contribution in [2.75, 3.05) is 6.54 Å². The summed E-state index contributed by atoms with van der Waals surface area (Å²) in [5, 5.41) is 15.9. The lowest BCUT2D eigenvalue weighted by atomic mass is 10.3. The lowest BCUT2D eigenvalue weighted by Crippen LogP contribution is -2.26. The number of carboxylic acid groups (broad SMARTS) is 1. The zero-order valence-electron chi connectivity index (χ0n) is 10.9. The van der Waals surface area contributed by atoms with Crippen LogP contribution in [0.2, 0.25) is 0 Å².